The lowest BCUT2D eigenvalue weighted by Crippen LogP contribution is -2.45. The van der Waals surface area contributed by atoms with Gasteiger partial charge < -0.3 is 14.4 Å². The van der Waals surface area contributed by atoms with Crippen LogP contribution in [0, 0.1) is 11.8 Å². The predicted octanol–water partition coefficient (Wildman–Crippen LogP) is 2.25. The average Bonchev–Trinajstić information content (AvgIpc) is 2.90. The molecule has 0 aliphatic carbocycles. The van der Waals surface area contributed by atoms with Crippen molar-refractivity contribution in [1.82, 2.24) is 9.80 Å². The van der Waals surface area contributed by atoms with Crippen molar-refractivity contribution in [2.24, 2.45) is 11.8 Å². The van der Waals surface area contributed by atoms with Crippen LogP contribution in [0.5, 0.6) is 0 Å². The summed E-state index contributed by atoms with van der Waals surface area (Å²) in [6.45, 7) is 9.12. The number of carbonyl (C=O) groups excluding carboxylic acids is 3. The summed E-state index contributed by atoms with van der Waals surface area (Å²) in [6, 6.07) is 0. The van der Waals surface area contributed by atoms with E-state index in [1.807, 2.05) is 27.7 Å². The third-order valence-corrected chi connectivity index (χ3v) is 4.31. The van der Waals surface area contributed by atoms with E-state index < -0.39 is 11.7 Å². The molecule has 0 unspecified atom stereocenters. The van der Waals surface area contributed by atoms with Crippen LogP contribution in [0.2, 0.25) is 0 Å². The van der Waals surface area contributed by atoms with Gasteiger partial charge in [-0.3, -0.25) is 4.79 Å². The predicted molar refractivity (Wildman–Crippen MR) is 82.8 cm³/mol. The van der Waals surface area contributed by atoms with Crippen molar-refractivity contribution >= 4 is 18.1 Å². The highest BCUT2D eigenvalue weighted by Gasteiger charge is 2.37. The fourth-order valence-corrected chi connectivity index (χ4v) is 2.95. The maximum absolute atomic E-state index is 12.4. The Morgan fingerprint density at radius 3 is 2.30 bits per heavy atom. The van der Waals surface area contributed by atoms with Crippen LogP contribution in [-0.4, -0.2) is 59.7 Å². The summed E-state index contributed by atoms with van der Waals surface area (Å²) in [5, 5.41) is 0. The number of imide groups is 1. The Labute approximate surface area is 136 Å². The highest BCUT2D eigenvalue weighted by Crippen LogP contribution is 2.28. The van der Waals surface area contributed by atoms with Crippen molar-refractivity contribution in [2.75, 3.05) is 26.2 Å². The van der Waals surface area contributed by atoms with Gasteiger partial charge in [0.15, 0.2) is 0 Å². The summed E-state index contributed by atoms with van der Waals surface area (Å²) in [5.41, 5.74) is -0.507. The molecule has 0 spiro atoms. The quantitative estimate of drug-likeness (QED) is 0.778. The first-order chi connectivity index (χ1) is 10.7. The molecule has 0 aromatic rings. The minimum absolute atomic E-state index is 0.162. The van der Waals surface area contributed by atoms with Gasteiger partial charge in [0.05, 0.1) is 6.54 Å². The van der Waals surface area contributed by atoms with Crippen molar-refractivity contribution < 1.29 is 23.9 Å². The van der Waals surface area contributed by atoms with Crippen LogP contribution in [0.1, 0.15) is 40.5 Å². The number of amides is 3. The molecule has 23 heavy (non-hydrogen) atoms. The Kier molecular flexibility index (Phi) is 5.16. The standard InChI is InChI=1S/C16H26N2O5/c1-11(13(19)18-9-10-22-15(18)21)12-5-7-17(8-6-12)14(20)23-16(2,3)4/h11-12H,5-10H2,1-4H3/t11-/m1/s1. The molecule has 130 valence electrons. The number of ether oxygens (including phenoxy) is 2. The number of hydrogen-bond donors (Lipinski definition) is 0. The fourth-order valence-electron chi connectivity index (χ4n) is 2.95. The summed E-state index contributed by atoms with van der Waals surface area (Å²) in [5.74, 6) is -0.265. The van der Waals surface area contributed by atoms with Crippen LogP contribution in [0.4, 0.5) is 9.59 Å². The lowest BCUT2D eigenvalue weighted by molar-refractivity contribution is -0.133. The number of rotatable bonds is 2. The third kappa shape index (κ3) is 4.36. The molecule has 0 radical (unpaired) electrons. The Balaban J connectivity index is 1.85. The van der Waals surface area contributed by atoms with Gasteiger partial charge in [0, 0.05) is 19.0 Å². The Bertz CT molecular complexity index is 477. The van der Waals surface area contributed by atoms with Crippen LogP contribution >= 0.6 is 0 Å². The van der Waals surface area contributed by atoms with Crippen LogP contribution in [-0.2, 0) is 14.3 Å². The van der Waals surface area contributed by atoms with Gasteiger partial charge in [0.25, 0.3) is 0 Å². The first kappa shape index (κ1) is 17.6. The summed E-state index contributed by atoms with van der Waals surface area (Å²) in [4.78, 5) is 38.8. The molecule has 2 heterocycles. The smallest absolute Gasteiger partial charge is 0.416 e. The van der Waals surface area contributed by atoms with Gasteiger partial charge >= 0.3 is 12.2 Å². The van der Waals surface area contributed by atoms with Crippen LogP contribution < -0.4 is 0 Å². The van der Waals surface area contributed by atoms with E-state index >= 15 is 0 Å². The number of piperidine rings is 1. The van der Waals surface area contributed by atoms with Gasteiger partial charge in [-0.05, 0) is 39.5 Å². The molecule has 7 nitrogen and oxygen atoms in total. The Morgan fingerprint density at radius 2 is 1.83 bits per heavy atom. The van der Waals surface area contributed by atoms with Crippen LogP contribution in [0.25, 0.3) is 0 Å². The molecule has 1 atom stereocenters. The van der Waals surface area contributed by atoms with E-state index in [2.05, 4.69) is 0 Å². The van der Waals surface area contributed by atoms with E-state index in [-0.39, 0.29) is 30.4 Å². The third-order valence-electron chi connectivity index (χ3n) is 4.31. The molecule has 0 N–H and O–H groups in total. The molecular formula is C16H26N2O5. The van der Waals surface area contributed by atoms with Gasteiger partial charge in [-0.15, -0.1) is 0 Å². The summed E-state index contributed by atoms with van der Waals surface area (Å²) < 4.78 is 10.2. The van der Waals surface area contributed by atoms with Crippen molar-refractivity contribution in [3.8, 4) is 0 Å². The number of nitrogens with zero attached hydrogens (tertiary/aromatic N) is 2. The SMILES string of the molecule is C[C@@H](C(=O)N1CCOC1=O)C1CCN(C(=O)OC(C)(C)C)CC1. The maximum atomic E-state index is 12.4. The highest BCUT2D eigenvalue weighted by atomic mass is 16.6. The lowest BCUT2D eigenvalue weighted by atomic mass is 9.84. The second kappa shape index (κ2) is 6.76. The van der Waals surface area contributed by atoms with Gasteiger partial charge in [0.2, 0.25) is 5.91 Å². The molecule has 3 amide bonds. The first-order valence-electron chi connectivity index (χ1n) is 8.15. The normalized spacial score (nSPS) is 21.1. The highest BCUT2D eigenvalue weighted by molar-refractivity contribution is 5.94. The number of cyclic esters (lactones) is 1. The molecule has 0 aromatic heterocycles. The van der Waals surface area contributed by atoms with Gasteiger partial charge in [-0.2, -0.15) is 0 Å². The summed E-state index contributed by atoms with van der Waals surface area (Å²) >= 11 is 0. The van der Waals surface area contributed by atoms with E-state index in [9.17, 15) is 14.4 Å². The maximum Gasteiger partial charge on any atom is 0.416 e. The second-order valence-corrected chi connectivity index (χ2v) is 7.20. The van der Waals surface area contributed by atoms with E-state index in [1.54, 1.807) is 4.90 Å². The van der Waals surface area contributed by atoms with Crippen molar-refractivity contribution in [1.29, 1.82) is 0 Å². The van der Waals surface area contributed by atoms with Crippen molar-refractivity contribution in [3.63, 3.8) is 0 Å². The topological polar surface area (TPSA) is 76.2 Å². The minimum Gasteiger partial charge on any atom is -0.447 e. The minimum atomic E-state index is -0.548. The van der Waals surface area contributed by atoms with Crippen LogP contribution in [0.3, 0.4) is 0 Å². The number of carbonyl (C=O) groups is 3. The summed E-state index contributed by atoms with van der Waals surface area (Å²) in [6.07, 6.45) is 0.607. The van der Waals surface area contributed by atoms with Crippen LogP contribution in [0.15, 0.2) is 0 Å². The molecule has 2 fully saturated rings. The zero-order valence-corrected chi connectivity index (χ0v) is 14.3. The van der Waals surface area contributed by atoms with Gasteiger partial charge in [-0.1, -0.05) is 6.92 Å². The van der Waals surface area contributed by atoms with Gasteiger partial charge in [0.1, 0.15) is 12.2 Å². The monoisotopic (exact) mass is 326 g/mol. The zero-order chi connectivity index (χ0) is 17.2. The first-order valence-corrected chi connectivity index (χ1v) is 8.15. The molecule has 2 saturated heterocycles. The Morgan fingerprint density at radius 1 is 1.22 bits per heavy atom. The molecule has 7 heteroatoms. The molecule has 2 aliphatic rings. The van der Waals surface area contributed by atoms with E-state index in [0.29, 0.717) is 19.6 Å². The van der Waals surface area contributed by atoms with E-state index in [0.717, 1.165) is 12.8 Å². The fraction of sp³-hybridized carbons (Fsp3) is 0.812. The molecule has 0 bridgehead atoms. The van der Waals surface area contributed by atoms with E-state index in [4.69, 9.17) is 9.47 Å². The molecule has 2 rings (SSSR count). The average molecular weight is 326 g/mol. The molecule has 2 aliphatic heterocycles. The summed E-state index contributed by atoms with van der Waals surface area (Å²) in [7, 11) is 0. The zero-order valence-electron chi connectivity index (χ0n) is 14.3. The largest absolute Gasteiger partial charge is 0.447 e. The number of likely N-dealkylation sites (tertiary alicyclic amines) is 1. The Hall–Kier alpha value is -1.79. The molecule has 0 aromatic carbocycles. The van der Waals surface area contributed by atoms with Crippen molar-refractivity contribution in [3.05, 3.63) is 0 Å². The number of hydrogen-bond acceptors (Lipinski definition) is 5. The second-order valence-electron chi connectivity index (χ2n) is 7.20. The molecular weight excluding hydrogens is 300 g/mol. The van der Waals surface area contributed by atoms with Gasteiger partial charge in [-0.25, -0.2) is 14.5 Å². The lowest BCUT2D eigenvalue weighted by Gasteiger charge is -2.35. The van der Waals surface area contributed by atoms with E-state index in [1.165, 1.54) is 4.90 Å². The van der Waals surface area contributed by atoms with Crippen molar-refractivity contribution in [2.45, 2.75) is 46.1 Å². The molecule has 0 saturated carbocycles.